The number of ether oxygens (including phenoxy) is 2. The molecule has 1 aromatic carbocycles. The monoisotopic (exact) mass is 304 g/mol. The number of hydrogen-bond donors (Lipinski definition) is 0. The van der Waals surface area contributed by atoms with Crippen LogP contribution in [0.3, 0.4) is 0 Å². The molecule has 0 amide bonds. The maximum absolute atomic E-state index is 5.87. The van der Waals surface area contributed by atoms with Crippen molar-refractivity contribution >= 4 is 0 Å². The van der Waals surface area contributed by atoms with Crippen LogP contribution in [-0.4, -0.2) is 13.2 Å². The molecule has 0 heterocycles. The van der Waals surface area contributed by atoms with Crippen LogP contribution in [0.25, 0.3) is 0 Å². The van der Waals surface area contributed by atoms with E-state index in [4.69, 9.17) is 9.47 Å². The molecule has 2 unspecified atom stereocenters. The Bertz CT molecular complexity index is 397. The van der Waals surface area contributed by atoms with Gasteiger partial charge < -0.3 is 9.47 Å². The second kappa shape index (κ2) is 9.76. The largest absolute Gasteiger partial charge is 0.494 e. The quantitative estimate of drug-likeness (QED) is 0.533. The molecule has 2 rings (SSSR count). The summed E-state index contributed by atoms with van der Waals surface area (Å²) in [5.41, 5.74) is 0. The van der Waals surface area contributed by atoms with E-state index in [2.05, 4.69) is 6.92 Å². The topological polar surface area (TPSA) is 18.5 Å². The lowest BCUT2D eigenvalue weighted by molar-refractivity contribution is 0.193. The van der Waals surface area contributed by atoms with Crippen LogP contribution < -0.4 is 9.47 Å². The van der Waals surface area contributed by atoms with Crippen molar-refractivity contribution < 1.29 is 9.47 Å². The van der Waals surface area contributed by atoms with Gasteiger partial charge >= 0.3 is 0 Å². The van der Waals surface area contributed by atoms with Crippen LogP contribution in [0.1, 0.15) is 65.2 Å². The zero-order valence-electron chi connectivity index (χ0n) is 14.4. The van der Waals surface area contributed by atoms with E-state index in [1.165, 1.54) is 51.4 Å². The van der Waals surface area contributed by atoms with Crippen LogP contribution in [0.4, 0.5) is 0 Å². The highest BCUT2D eigenvalue weighted by Gasteiger charge is 2.23. The molecule has 0 N–H and O–H groups in total. The molecule has 0 bridgehead atoms. The fourth-order valence-corrected chi connectivity index (χ4v) is 3.75. The molecule has 0 aromatic heterocycles. The van der Waals surface area contributed by atoms with Crippen molar-refractivity contribution in [3.05, 3.63) is 24.3 Å². The first-order valence-corrected chi connectivity index (χ1v) is 9.19. The molecule has 1 fully saturated rings. The van der Waals surface area contributed by atoms with Crippen LogP contribution in [0.2, 0.25) is 0 Å². The minimum Gasteiger partial charge on any atom is -0.494 e. The van der Waals surface area contributed by atoms with E-state index in [9.17, 15) is 0 Å². The van der Waals surface area contributed by atoms with Crippen molar-refractivity contribution in [2.75, 3.05) is 13.2 Å². The summed E-state index contributed by atoms with van der Waals surface area (Å²) in [6.45, 7) is 5.87. The highest BCUT2D eigenvalue weighted by atomic mass is 16.5. The smallest absolute Gasteiger partial charge is 0.119 e. The molecule has 1 aliphatic rings. The molecule has 0 spiro atoms. The molecule has 2 heteroatoms. The predicted molar refractivity (Wildman–Crippen MR) is 92.7 cm³/mol. The van der Waals surface area contributed by atoms with E-state index in [-0.39, 0.29) is 0 Å². The minimum atomic E-state index is 0.709. The van der Waals surface area contributed by atoms with Gasteiger partial charge in [0, 0.05) is 0 Å². The summed E-state index contributed by atoms with van der Waals surface area (Å²) in [6, 6.07) is 7.98. The van der Waals surface area contributed by atoms with E-state index in [1.807, 2.05) is 31.2 Å². The summed E-state index contributed by atoms with van der Waals surface area (Å²) in [4.78, 5) is 0. The van der Waals surface area contributed by atoms with Gasteiger partial charge in [0.25, 0.3) is 0 Å². The van der Waals surface area contributed by atoms with Crippen molar-refractivity contribution in [2.24, 2.45) is 11.8 Å². The Morgan fingerprint density at radius 2 is 1.45 bits per heavy atom. The van der Waals surface area contributed by atoms with Crippen LogP contribution >= 0.6 is 0 Å². The Morgan fingerprint density at radius 3 is 2.05 bits per heavy atom. The van der Waals surface area contributed by atoms with Crippen molar-refractivity contribution in [1.29, 1.82) is 0 Å². The highest BCUT2D eigenvalue weighted by molar-refractivity contribution is 5.31. The molecule has 1 aliphatic carbocycles. The Hall–Kier alpha value is -1.18. The SMILES string of the molecule is CCCC1CCCCC1CCCOc1ccc(OCC)cc1. The molecular weight excluding hydrogens is 272 g/mol. The van der Waals surface area contributed by atoms with Gasteiger partial charge in [-0.25, -0.2) is 0 Å². The average molecular weight is 304 g/mol. The van der Waals surface area contributed by atoms with Crippen LogP contribution in [0.5, 0.6) is 11.5 Å². The molecule has 1 aromatic rings. The Labute approximate surface area is 136 Å². The molecule has 124 valence electrons. The normalized spacial score (nSPS) is 21.5. The second-order valence-electron chi connectivity index (χ2n) is 6.49. The van der Waals surface area contributed by atoms with Gasteiger partial charge in [-0.3, -0.25) is 0 Å². The summed E-state index contributed by atoms with van der Waals surface area (Å²) in [6.07, 6.45) is 11.1. The lowest BCUT2D eigenvalue weighted by Crippen LogP contribution is -2.20. The third-order valence-electron chi connectivity index (χ3n) is 4.85. The maximum Gasteiger partial charge on any atom is 0.119 e. The summed E-state index contributed by atoms with van der Waals surface area (Å²) >= 11 is 0. The zero-order valence-corrected chi connectivity index (χ0v) is 14.4. The number of hydrogen-bond acceptors (Lipinski definition) is 2. The van der Waals surface area contributed by atoms with Gasteiger partial charge in [0.15, 0.2) is 0 Å². The van der Waals surface area contributed by atoms with Gasteiger partial charge in [0.2, 0.25) is 0 Å². The molecule has 2 nitrogen and oxygen atoms in total. The fourth-order valence-electron chi connectivity index (χ4n) is 3.75. The van der Waals surface area contributed by atoms with Gasteiger partial charge in [-0.2, -0.15) is 0 Å². The van der Waals surface area contributed by atoms with Gasteiger partial charge in [-0.05, 0) is 55.9 Å². The third kappa shape index (κ3) is 5.55. The Morgan fingerprint density at radius 1 is 0.864 bits per heavy atom. The predicted octanol–water partition coefficient (Wildman–Crippen LogP) is 5.85. The van der Waals surface area contributed by atoms with E-state index < -0.39 is 0 Å². The van der Waals surface area contributed by atoms with Gasteiger partial charge in [-0.1, -0.05) is 45.4 Å². The first-order valence-electron chi connectivity index (χ1n) is 9.19. The molecule has 0 aliphatic heterocycles. The first-order chi connectivity index (χ1) is 10.8. The second-order valence-corrected chi connectivity index (χ2v) is 6.49. The van der Waals surface area contributed by atoms with Crippen molar-refractivity contribution in [3.63, 3.8) is 0 Å². The van der Waals surface area contributed by atoms with Crippen LogP contribution in [0, 0.1) is 11.8 Å². The zero-order chi connectivity index (χ0) is 15.6. The first kappa shape index (κ1) is 17.2. The van der Waals surface area contributed by atoms with Gasteiger partial charge in [0.05, 0.1) is 13.2 Å². The summed E-state index contributed by atoms with van der Waals surface area (Å²) in [5.74, 6) is 3.79. The van der Waals surface area contributed by atoms with E-state index >= 15 is 0 Å². The minimum absolute atomic E-state index is 0.709. The van der Waals surface area contributed by atoms with E-state index in [0.29, 0.717) is 6.61 Å². The lowest BCUT2D eigenvalue weighted by atomic mass is 9.75. The average Bonchev–Trinajstić information content (AvgIpc) is 2.55. The molecule has 1 saturated carbocycles. The van der Waals surface area contributed by atoms with Crippen LogP contribution in [0.15, 0.2) is 24.3 Å². The molecule has 0 radical (unpaired) electrons. The van der Waals surface area contributed by atoms with Gasteiger partial charge in [0.1, 0.15) is 11.5 Å². The standard InChI is InChI=1S/C20H32O2/c1-3-8-17-9-5-6-10-18(17)11-7-16-22-20-14-12-19(13-15-20)21-4-2/h12-15,17-18H,3-11,16H2,1-2H3. The van der Waals surface area contributed by atoms with Gasteiger partial charge in [-0.15, -0.1) is 0 Å². The van der Waals surface area contributed by atoms with Crippen LogP contribution in [-0.2, 0) is 0 Å². The Kier molecular flexibility index (Phi) is 7.62. The highest BCUT2D eigenvalue weighted by Crippen LogP contribution is 2.35. The molecule has 22 heavy (non-hydrogen) atoms. The molecule has 0 saturated heterocycles. The maximum atomic E-state index is 5.87. The molecular formula is C20H32O2. The number of rotatable bonds is 9. The third-order valence-corrected chi connectivity index (χ3v) is 4.85. The Balaban J connectivity index is 1.67. The summed E-state index contributed by atoms with van der Waals surface area (Å²) in [7, 11) is 0. The van der Waals surface area contributed by atoms with Crippen molar-refractivity contribution in [1.82, 2.24) is 0 Å². The fraction of sp³-hybridized carbons (Fsp3) is 0.700. The summed E-state index contributed by atoms with van der Waals surface area (Å²) < 4.78 is 11.3. The van der Waals surface area contributed by atoms with Crippen molar-refractivity contribution in [2.45, 2.75) is 65.2 Å². The lowest BCUT2D eigenvalue weighted by Gasteiger charge is -2.31. The van der Waals surface area contributed by atoms with E-state index in [0.717, 1.165) is 29.9 Å². The summed E-state index contributed by atoms with van der Waals surface area (Å²) in [5, 5.41) is 0. The van der Waals surface area contributed by atoms with E-state index in [1.54, 1.807) is 0 Å². The number of benzene rings is 1. The molecule has 2 atom stereocenters. The van der Waals surface area contributed by atoms with Crippen molar-refractivity contribution in [3.8, 4) is 11.5 Å².